The van der Waals surface area contributed by atoms with Crippen LogP contribution in [0, 0.1) is 5.92 Å². The molecule has 178 valence electrons. The predicted octanol–water partition coefficient (Wildman–Crippen LogP) is 0.399. The monoisotopic (exact) mass is 487 g/mol. The van der Waals surface area contributed by atoms with Crippen LogP contribution in [0.1, 0.15) is 25.7 Å². The van der Waals surface area contributed by atoms with Gasteiger partial charge in [0, 0.05) is 44.2 Å². The second-order valence-electron chi connectivity index (χ2n) is 8.45. The Kier molecular flexibility index (Phi) is 6.66. The van der Waals surface area contributed by atoms with Gasteiger partial charge < -0.3 is 14.8 Å². The second kappa shape index (κ2) is 9.16. The third kappa shape index (κ3) is 5.03. The molecule has 10 nitrogen and oxygen atoms in total. The molecule has 3 heterocycles. The van der Waals surface area contributed by atoms with Crippen molar-refractivity contribution >= 4 is 26.0 Å². The highest BCUT2D eigenvalue weighted by molar-refractivity contribution is 7.89. The fraction of sp³-hybridized carbons (Fsp3) is 0.650. The van der Waals surface area contributed by atoms with Gasteiger partial charge in [-0.3, -0.25) is 4.79 Å². The number of rotatable bonds is 5. The van der Waals surface area contributed by atoms with E-state index in [1.807, 2.05) is 0 Å². The van der Waals surface area contributed by atoms with Gasteiger partial charge in [0.15, 0.2) is 11.5 Å². The number of carbonyl (C=O) groups is 1. The lowest BCUT2D eigenvalue weighted by atomic mass is 9.96. The lowest BCUT2D eigenvalue weighted by molar-refractivity contribution is -0.127. The van der Waals surface area contributed by atoms with E-state index in [4.69, 9.17) is 9.47 Å². The van der Waals surface area contributed by atoms with E-state index in [1.165, 1.54) is 27.0 Å². The maximum absolute atomic E-state index is 13.1. The molecule has 0 bridgehead atoms. The molecule has 4 rings (SSSR count). The number of nitrogens with one attached hydrogen (secondary N) is 1. The van der Waals surface area contributed by atoms with Crippen molar-refractivity contribution in [2.45, 2.75) is 36.6 Å². The van der Waals surface area contributed by atoms with Gasteiger partial charge in [0.25, 0.3) is 0 Å². The summed E-state index contributed by atoms with van der Waals surface area (Å²) in [5, 5.41) is 2.97. The van der Waals surface area contributed by atoms with Crippen molar-refractivity contribution in [1.29, 1.82) is 0 Å². The maximum Gasteiger partial charge on any atom is 0.243 e. The van der Waals surface area contributed by atoms with Crippen LogP contribution in [0.4, 0.5) is 0 Å². The van der Waals surface area contributed by atoms with Gasteiger partial charge in [-0.25, -0.2) is 21.1 Å². The number of hydrogen-bond donors (Lipinski definition) is 1. The number of amides is 1. The minimum Gasteiger partial charge on any atom is -0.486 e. The first-order chi connectivity index (χ1) is 15.1. The van der Waals surface area contributed by atoms with E-state index in [-0.39, 0.29) is 42.4 Å². The van der Waals surface area contributed by atoms with Gasteiger partial charge in [0.2, 0.25) is 26.0 Å². The molecule has 1 aromatic rings. The van der Waals surface area contributed by atoms with E-state index in [0.717, 1.165) is 6.42 Å². The molecule has 2 saturated heterocycles. The highest BCUT2D eigenvalue weighted by Crippen LogP contribution is 2.34. The Morgan fingerprint density at radius 1 is 0.969 bits per heavy atom. The summed E-state index contributed by atoms with van der Waals surface area (Å²) in [6.45, 7) is 2.05. The number of hydrogen-bond acceptors (Lipinski definition) is 7. The van der Waals surface area contributed by atoms with E-state index in [9.17, 15) is 21.6 Å². The minimum absolute atomic E-state index is 0.137. The highest BCUT2D eigenvalue weighted by Gasteiger charge is 2.34. The summed E-state index contributed by atoms with van der Waals surface area (Å²) < 4.78 is 63.4. The van der Waals surface area contributed by atoms with Gasteiger partial charge in [-0.1, -0.05) is 0 Å². The molecule has 0 radical (unpaired) electrons. The van der Waals surface area contributed by atoms with E-state index in [0.29, 0.717) is 50.5 Å². The van der Waals surface area contributed by atoms with Gasteiger partial charge in [-0.15, -0.1) is 0 Å². The molecule has 0 spiro atoms. The van der Waals surface area contributed by atoms with Crippen molar-refractivity contribution in [2.75, 3.05) is 45.6 Å². The van der Waals surface area contributed by atoms with E-state index >= 15 is 0 Å². The Bertz CT molecular complexity index is 1070. The van der Waals surface area contributed by atoms with Gasteiger partial charge in [-0.2, -0.15) is 4.31 Å². The Balaban J connectivity index is 1.34. The zero-order valence-electron chi connectivity index (χ0n) is 18.0. The molecule has 0 aromatic heterocycles. The quantitative estimate of drug-likeness (QED) is 0.638. The molecule has 1 amide bonds. The largest absolute Gasteiger partial charge is 0.486 e. The molecule has 32 heavy (non-hydrogen) atoms. The molecule has 0 saturated carbocycles. The van der Waals surface area contributed by atoms with Crippen LogP contribution in [0.3, 0.4) is 0 Å². The molecule has 12 heteroatoms. The summed E-state index contributed by atoms with van der Waals surface area (Å²) in [6, 6.07) is 4.38. The number of piperidine rings is 2. The van der Waals surface area contributed by atoms with Crippen molar-refractivity contribution < 1.29 is 31.1 Å². The van der Waals surface area contributed by atoms with Crippen molar-refractivity contribution in [3.05, 3.63) is 18.2 Å². The Morgan fingerprint density at radius 3 is 2.34 bits per heavy atom. The predicted molar refractivity (Wildman–Crippen MR) is 116 cm³/mol. The van der Waals surface area contributed by atoms with Crippen LogP contribution in [-0.4, -0.2) is 83.0 Å². The van der Waals surface area contributed by atoms with Crippen LogP contribution in [0.2, 0.25) is 0 Å². The minimum atomic E-state index is -3.70. The van der Waals surface area contributed by atoms with E-state index < -0.39 is 20.0 Å². The van der Waals surface area contributed by atoms with Gasteiger partial charge in [-0.05, 0) is 37.8 Å². The SMILES string of the molecule is CS(=O)(=O)N1CCCC(NC(=O)C2CCN(S(=O)(=O)c3ccc4c(c3)OCCO4)CC2)C1. The average molecular weight is 488 g/mol. The molecule has 0 aliphatic carbocycles. The third-order valence-electron chi connectivity index (χ3n) is 6.18. The summed E-state index contributed by atoms with van der Waals surface area (Å²) in [5.41, 5.74) is 0. The van der Waals surface area contributed by atoms with Crippen molar-refractivity contribution in [3.8, 4) is 11.5 Å². The summed E-state index contributed by atoms with van der Waals surface area (Å²) >= 11 is 0. The standard InChI is InChI=1S/C20H29N3O7S2/c1-31(25,26)23-8-2-3-16(14-23)21-20(24)15-6-9-22(10-7-15)32(27,28)17-4-5-18-19(13-17)30-12-11-29-18/h4-5,13,15-16H,2-3,6-12,14H2,1H3,(H,21,24). The number of ether oxygens (including phenoxy) is 2. The number of fused-ring (bicyclic) bond motifs is 1. The molecule has 3 aliphatic heterocycles. The zero-order chi connectivity index (χ0) is 22.9. The van der Waals surface area contributed by atoms with Crippen molar-refractivity contribution in [3.63, 3.8) is 0 Å². The number of carbonyl (C=O) groups excluding carboxylic acids is 1. The van der Waals surface area contributed by atoms with Crippen LogP contribution in [0.15, 0.2) is 23.1 Å². The number of sulfonamides is 2. The van der Waals surface area contributed by atoms with E-state index in [2.05, 4.69) is 5.32 Å². The first kappa shape index (κ1) is 23.3. The van der Waals surface area contributed by atoms with E-state index in [1.54, 1.807) is 6.07 Å². The summed E-state index contributed by atoms with van der Waals surface area (Å²) in [4.78, 5) is 12.9. The molecule has 1 aromatic carbocycles. The second-order valence-corrected chi connectivity index (χ2v) is 12.4. The van der Waals surface area contributed by atoms with Crippen molar-refractivity contribution in [1.82, 2.24) is 13.9 Å². The molecule has 3 aliphatic rings. The number of benzene rings is 1. The molecule has 2 fully saturated rings. The van der Waals surface area contributed by atoms with Gasteiger partial charge in [0.1, 0.15) is 13.2 Å². The van der Waals surface area contributed by atoms with Crippen LogP contribution < -0.4 is 14.8 Å². The topological polar surface area (TPSA) is 122 Å². The van der Waals surface area contributed by atoms with Crippen molar-refractivity contribution in [2.24, 2.45) is 5.92 Å². The first-order valence-corrected chi connectivity index (χ1v) is 14.1. The van der Waals surface area contributed by atoms with Crippen LogP contribution in [-0.2, 0) is 24.8 Å². The van der Waals surface area contributed by atoms with Gasteiger partial charge in [0.05, 0.1) is 11.2 Å². The third-order valence-corrected chi connectivity index (χ3v) is 9.34. The average Bonchev–Trinajstić information content (AvgIpc) is 2.78. The molecule has 1 N–H and O–H groups in total. The Hall–Kier alpha value is -1.89. The normalized spacial score (nSPS) is 23.6. The maximum atomic E-state index is 13.1. The highest BCUT2D eigenvalue weighted by atomic mass is 32.2. The van der Waals surface area contributed by atoms with Crippen LogP contribution in [0.25, 0.3) is 0 Å². The lowest BCUT2D eigenvalue weighted by Crippen LogP contribution is -2.51. The summed E-state index contributed by atoms with van der Waals surface area (Å²) in [7, 11) is -6.99. The Labute approximate surface area is 189 Å². The fourth-order valence-electron chi connectivity index (χ4n) is 4.37. The molecular weight excluding hydrogens is 458 g/mol. The molecule has 1 unspecified atom stereocenters. The van der Waals surface area contributed by atoms with Crippen LogP contribution in [0.5, 0.6) is 11.5 Å². The fourth-order valence-corrected chi connectivity index (χ4v) is 6.77. The summed E-state index contributed by atoms with van der Waals surface area (Å²) in [5.74, 6) is 0.516. The zero-order valence-corrected chi connectivity index (χ0v) is 19.7. The number of nitrogens with zero attached hydrogens (tertiary/aromatic N) is 2. The first-order valence-electron chi connectivity index (χ1n) is 10.8. The Morgan fingerprint density at radius 2 is 1.66 bits per heavy atom. The summed E-state index contributed by atoms with van der Waals surface area (Å²) in [6.07, 6.45) is 3.44. The lowest BCUT2D eigenvalue weighted by Gasteiger charge is -2.34. The van der Waals surface area contributed by atoms with Crippen LogP contribution >= 0.6 is 0 Å². The smallest absolute Gasteiger partial charge is 0.243 e. The van der Waals surface area contributed by atoms with Gasteiger partial charge >= 0.3 is 0 Å². The molecule has 1 atom stereocenters. The molecular formula is C20H29N3O7S2.